The van der Waals surface area contributed by atoms with Gasteiger partial charge >= 0.3 is 5.97 Å². The number of carboxylic acids is 1. The summed E-state index contributed by atoms with van der Waals surface area (Å²) in [7, 11) is 1.71. The fourth-order valence-electron chi connectivity index (χ4n) is 1.14. The molecule has 0 aliphatic heterocycles. The van der Waals surface area contributed by atoms with Gasteiger partial charge in [0.05, 0.1) is 0 Å². The highest BCUT2D eigenvalue weighted by atomic mass is 16.5. The second-order valence-corrected chi connectivity index (χ2v) is 3.21. The molecule has 0 heterocycles. The molecule has 0 saturated carbocycles. The number of rotatable bonds is 10. The molecule has 0 aliphatic rings. The van der Waals surface area contributed by atoms with Crippen LogP contribution in [0.5, 0.6) is 0 Å². The quantitative estimate of drug-likeness (QED) is 0.417. The molecule has 0 saturated heterocycles. The predicted octanol–water partition coefficient (Wildman–Crippen LogP) is 7.41. The van der Waals surface area contributed by atoms with E-state index >= 15 is 0 Å². The SMILES string of the molecule is C.C.C.C.C.C.C.C.C.COCCCCCCCOCC(=O)O. The summed E-state index contributed by atoms with van der Waals surface area (Å²) in [5.41, 5.74) is 0. The first-order chi connectivity index (χ1) is 6.77. The molecule has 1 N–H and O–H groups in total. The maximum absolute atomic E-state index is 10.1. The molecule has 0 aromatic rings. The Morgan fingerprint density at radius 1 is 0.696 bits per heavy atom. The van der Waals surface area contributed by atoms with E-state index in [1.807, 2.05) is 0 Å². The molecule has 0 bridgehead atoms. The number of methoxy groups -OCH3 is 1. The third-order valence-electron chi connectivity index (χ3n) is 1.86. The van der Waals surface area contributed by atoms with Crippen LogP contribution in [-0.4, -0.2) is 38.0 Å². The van der Waals surface area contributed by atoms with Gasteiger partial charge in [-0.05, 0) is 12.8 Å². The smallest absolute Gasteiger partial charge is 0.329 e. The summed E-state index contributed by atoms with van der Waals surface area (Å²) >= 11 is 0. The van der Waals surface area contributed by atoms with Crippen molar-refractivity contribution >= 4 is 5.97 Å². The molecule has 0 aromatic heterocycles. The van der Waals surface area contributed by atoms with Gasteiger partial charge in [0.25, 0.3) is 0 Å². The maximum Gasteiger partial charge on any atom is 0.329 e. The summed E-state index contributed by atoms with van der Waals surface area (Å²) in [6.07, 6.45) is 5.49. The number of aliphatic carboxylic acids is 1. The van der Waals surface area contributed by atoms with Gasteiger partial charge in [0, 0.05) is 20.3 Å². The highest BCUT2D eigenvalue weighted by Crippen LogP contribution is 2.02. The van der Waals surface area contributed by atoms with E-state index in [0.29, 0.717) is 6.61 Å². The number of carboxylic acid groups (broad SMARTS) is 1. The second-order valence-electron chi connectivity index (χ2n) is 3.21. The molecule has 0 radical (unpaired) electrons. The molecule has 23 heavy (non-hydrogen) atoms. The highest BCUT2D eigenvalue weighted by Gasteiger charge is 1.95. The van der Waals surface area contributed by atoms with Gasteiger partial charge in [0.15, 0.2) is 0 Å². The van der Waals surface area contributed by atoms with Crippen molar-refractivity contribution in [3.8, 4) is 0 Å². The monoisotopic (exact) mass is 348 g/mol. The number of carbonyl (C=O) groups is 1. The Balaban J connectivity index is -0.0000000235. The van der Waals surface area contributed by atoms with Gasteiger partial charge in [-0.15, -0.1) is 0 Å². The molecule has 0 aromatic carbocycles. The number of ether oxygens (including phenoxy) is 2. The predicted molar refractivity (Wildman–Crippen MR) is 114 cm³/mol. The largest absolute Gasteiger partial charge is 0.480 e. The summed E-state index contributed by atoms with van der Waals surface area (Å²) < 4.78 is 9.82. The first-order valence-electron chi connectivity index (χ1n) is 5.06. The maximum atomic E-state index is 10.1. The number of hydrogen-bond donors (Lipinski definition) is 1. The van der Waals surface area contributed by atoms with Crippen molar-refractivity contribution in [2.45, 2.75) is 98.9 Å². The van der Waals surface area contributed by atoms with E-state index in [1.54, 1.807) is 7.11 Å². The minimum atomic E-state index is -0.898. The third-order valence-corrected chi connectivity index (χ3v) is 1.86. The first-order valence-corrected chi connectivity index (χ1v) is 5.06. The van der Waals surface area contributed by atoms with E-state index in [9.17, 15) is 4.79 Å². The molecule has 0 atom stereocenters. The van der Waals surface area contributed by atoms with Crippen LogP contribution in [0.2, 0.25) is 0 Å². The van der Waals surface area contributed by atoms with E-state index in [2.05, 4.69) is 0 Å². The van der Waals surface area contributed by atoms with Crippen molar-refractivity contribution in [3.63, 3.8) is 0 Å². The summed E-state index contributed by atoms with van der Waals surface area (Å²) in [6.45, 7) is 1.20. The lowest BCUT2D eigenvalue weighted by Crippen LogP contribution is -2.07. The van der Waals surface area contributed by atoms with Gasteiger partial charge < -0.3 is 14.6 Å². The van der Waals surface area contributed by atoms with Gasteiger partial charge in [0.2, 0.25) is 0 Å². The lowest BCUT2D eigenvalue weighted by molar-refractivity contribution is -0.142. The van der Waals surface area contributed by atoms with Crippen molar-refractivity contribution < 1.29 is 19.4 Å². The van der Waals surface area contributed by atoms with Crippen LogP contribution in [0.3, 0.4) is 0 Å². The van der Waals surface area contributed by atoms with Crippen LogP contribution in [-0.2, 0) is 14.3 Å². The van der Waals surface area contributed by atoms with Crippen LogP contribution >= 0.6 is 0 Å². The molecule has 0 aliphatic carbocycles. The molecule has 0 fully saturated rings. The van der Waals surface area contributed by atoms with Gasteiger partial charge in [-0.3, -0.25) is 0 Å². The normalized spacial score (nSPS) is 6.30. The Labute approximate surface area is 152 Å². The standard InChI is InChI=1S/C10H20O4.9CH4/c1-13-7-5-3-2-4-6-8-14-9-10(11)12;;;;;;;;;/h2-9H2,1H3,(H,11,12);9*1H4. The highest BCUT2D eigenvalue weighted by molar-refractivity contribution is 5.67. The third kappa shape index (κ3) is 74.5. The Kier molecular flexibility index (Phi) is 168. The Bertz CT molecular complexity index is 139. The van der Waals surface area contributed by atoms with Crippen molar-refractivity contribution in [2.24, 2.45) is 0 Å². The summed E-state index contributed by atoms with van der Waals surface area (Å²) in [4.78, 5) is 10.1. The lowest BCUT2D eigenvalue weighted by atomic mass is 10.1. The van der Waals surface area contributed by atoms with Gasteiger partial charge in [-0.1, -0.05) is 86.1 Å². The topological polar surface area (TPSA) is 55.8 Å². The van der Waals surface area contributed by atoms with Crippen molar-refractivity contribution in [1.82, 2.24) is 0 Å². The summed E-state index contributed by atoms with van der Waals surface area (Å²) in [5, 5.41) is 8.27. The fraction of sp³-hybridized carbons (Fsp3) is 0.947. The molecule has 0 unspecified atom stereocenters. The lowest BCUT2D eigenvalue weighted by Gasteiger charge is -2.01. The van der Waals surface area contributed by atoms with Crippen LogP contribution in [0.25, 0.3) is 0 Å². The second kappa shape index (κ2) is 57.9. The zero-order chi connectivity index (χ0) is 10.6. The van der Waals surface area contributed by atoms with Crippen molar-refractivity contribution in [1.29, 1.82) is 0 Å². The number of hydrogen-bond acceptors (Lipinski definition) is 3. The van der Waals surface area contributed by atoms with Crippen molar-refractivity contribution in [3.05, 3.63) is 0 Å². The Morgan fingerprint density at radius 2 is 1.04 bits per heavy atom. The van der Waals surface area contributed by atoms with Gasteiger partial charge in [-0.25, -0.2) is 4.79 Å². The average Bonchev–Trinajstić information content (AvgIpc) is 2.15. The molecule has 0 rings (SSSR count). The summed E-state index contributed by atoms with van der Waals surface area (Å²) in [6, 6.07) is 0. The van der Waals surface area contributed by atoms with Crippen LogP contribution in [0, 0.1) is 0 Å². The fourth-order valence-corrected chi connectivity index (χ4v) is 1.14. The van der Waals surface area contributed by atoms with E-state index in [1.165, 1.54) is 12.8 Å². The van der Waals surface area contributed by atoms with Gasteiger partial charge in [-0.2, -0.15) is 0 Å². The minimum absolute atomic E-state index is 0. The van der Waals surface area contributed by atoms with Crippen LogP contribution < -0.4 is 0 Å². The molecular weight excluding hydrogens is 292 g/mol. The molecular formula is C19H56O4. The zero-order valence-electron chi connectivity index (χ0n) is 8.83. The van der Waals surface area contributed by atoms with Crippen LogP contribution in [0.1, 0.15) is 98.9 Å². The van der Waals surface area contributed by atoms with Gasteiger partial charge in [0.1, 0.15) is 6.61 Å². The Morgan fingerprint density at radius 3 is 1.39 bits per heavy atom. The Hall–Kier alpha value is -0.610. The van der Waals surface area contributed by atoms with E-state index in [-0.39, 0.29) is 73.4 Å². The molecule has 156 valence electrons. The molecule has 0 spiro atoms. The van der Waals surface area contributed by atoms with E-state index < -0.39 is 5.97 Å². The summed E-state index contributed by atoms with van der Waals surface area (Å²) in [5.74, 6) is -0.898. The minimum Gasteiger partial charge on any atom is -0.480 e. The molecule has 0 amide bonds. The van der Waals surface area contributed by atoms with Crippen LogP contribution in [0.15, 0.2) is 0 Å². The van der Waals surface area contributed by atoms with E-state index in [4.69, 9.17) is 14.6 Å². The first kappa shape index (κ1) is 66.7. The van der Waals surface area contributed by atoms with E-state index in [0.717, 1.165) is 25.9 Å². The average molecular weight is 349 g/mol. The van der Waals surface area contributed by atoms with Crippen molar-refractivity contribution in [2.75, 3.05) is 26.9 Å². The molecule has 4 heteroatoms. The van der Waals surface area contributed by atoms with Crippen LogP contribution in [0.4, 0.5) is 0 Å². The molecule has 4 nitrogen and oxygen atoms in total. The number of unbranched alkanes of at least 4 members (excludes halogenated alkanes) is 4. The zero-order valence-corrected chi connectivity index (χ0v) is 8.83.